The second kappa shape index (κ2) is 4.75. The fourth-order valence-corrected chi connectivity index (χ4v) is 1.94. The molecule has 1 unspecified atom stereocenters. The van der Waals surface area contributed by atoms with Crippen LogP contribution in [0, 0.1) is 0 Å². The van der Waals surface area contributed by atoms with Crippen LogP contribution in [0.25, 0.3) is 0 Å². The van der Waals surface area contributed by atoms with Gasteiger partial charge in [-0.2, -0.15) is 0 Å². The molecule has 2 N–H and O–H groups in total. The lowest BCUT2D eigenvalue weighted by atomic mass is 10.4. The number of thioether (sulfide) groups is 1. The van der Waals surface area contributed by atoms with Gasteiger partial charge in [-0.3, -0.25) is 0 Å². The Kier molecular flexibility index (Phi) is 3.92. The summed E-state index contributed by atoms with van der Waals surface area (Å²) in [6.45, 7) is 2.77. The summed E-state index contributed by atoms with van der Waals surface area (Å²) in [5.41, 5.74) is 5.51. The van der Waals surface area contributed by atoms with Gasteiger partial charge in [0.1, 0.15) is 0 Å². The van der Waals surface area contributed by atoms with Gasteiger partial charge in [-0.05, 0) is 12.1 Å². The van der Waals surface area contributed by atoms with Gasteiger partial charge < -0.3 is 5.73 Å². The molecule has 0 aliphatic heterocycles. The fourth-order valence-electron chi connectivity index (χ4n) is 0.805. The third-order valence-corrected chi connectivity index (χ3v) is 3.14. The Balaban J connectivity index is 2.69. The summed E-state index contributed by atoms with van der Waals surface area (Å²) in [6, 6.07) is 7.82. The molecule has 12 heavy (non-hydrogen) atoms. The number of hydrogen-bond acceptors (Lipinski definition) is 2. The van der Waals surface area contributed by atoms with E-state index in [0.717, 1.165) is 9.92 Å². The van der Waals surface area contributed by atoms with E-state index in [-0.39, 0.29) is 0 Å². The van der Waals surface area contributed by atoms with E-state index in [1.165, 1.54) is 0 Å². The SMILES string of the molecule is CC(CN)Sc1ccccc1Cl. The average molecular weight is 202 g/mol. The Hall–Kier alpha value is -0.180. The van der Waals surface area contributed by atoms with Crippen molar-refractivity contribution in [2.75, 3.05) is 6.54 Å². The van der Waals surface area contributed by atoms with Crippen molar-refractivity contribution in [3.63, 3.8) is 0 Å². The zero-order valence-electron chi connectivity index (χ0n) is 6.96. The minimum atomic E-state index is 0.421. The Morgan fingerprint density at radius 3 is 2.75 bits per heavy atom. The van der Waals surface area contributed by atoms with Gasteiger partial charge in [0.15, 0.2) is 0 Å². The highest BCUT2D eigenvalue weighted by Gasteiger charge is 2.04. The van der Waals surface area contributed by atoms with Crippen LogP contribution in [-0.4, -0.2) is 11.8 Å². The largest absolute Gasteiger partial charge is 0.329 e. The summed E-state index contributed by atoms with van der Waals surface area (Å²) in [7, 11) is 0. The summed E-state index contributed by atoms with van der Waals surface area (Å²) < 4.78 is 0. The van der Waals surface area contributed by atoms with Crippen LogP contribution in [0.5, 0.6) is 0 Å². The Morgan fingerprint density at radius 1 is 1.50 bits per heavy atom. The van der Waals surface area contributed by atoms with E-state index in [2.05, 4.69) is 6.92 Å². The maximum Gasteiger partial charge on any atom is 0.0541 e. The van der Waals surface area contributed by atoms with Crippen molar-refractivity contribution >= 4 is 23.4 Å². The smallest absolute Gasteiger partial charge is 0.0541 e. The third kappa shape index (κ3) is 2.70. The minimum Gasteiger partial charge on any atom is -0.329 e. The van der Waals surface area contributed by atoms with Gasteiger partial charge in [-0.1, -0.05) is 30.7 Å². The lowest BCUT2D eigenvalue weighted by molar-refractivity contribution is 0.951. The van der Waals surface area contributed by atoms with E-state index >= 15 is 0 Å². The molecule has 0 spiro atoms. The van der Waals surface area contributed by atoms with Crippen LogP contribution in [0.2, 0.25) is 5.02 Å². The molecule has 0 fully saturated rings. The first-order valence-electron chi connectivity index (χ1n) is 3.85. The predicted octanol–water partition coefficient (Wildman–Crippen LogP) is 2.78. The normalized spacial score (nSPS) is 12.9. The van der Waals surface area contributed by atoms with Crippen LogP contribution < -0.4 is 5.73 Å². The molecule has 0 saturated heterocycles. The van der Waals surface area contributed by atoms with Gasteiger partial charge in [0.05, 0.1) is 5.02 Å². The molecular weight excluding hydrogens is 190 g/mol. The number of rotatable bonds is 3. The zero-order valence-corrected chi connectivity index (χ0v) is 8.53. The summed E-state index contributed by atoms with van der Waals surface area (Å²) in [5, 5.41) is 1.23. The molecular formula is C9H12ClNS. The van der Waals surface area contributed by atoms with E-state index in [1.54, 1.807) is 11.8 Å². The van der Waals surface area contributed by atoms with Crippen molar-refractivity contribution < 1.29 is 0 Å². The molecule has 0 bridgehead atoms. The monoisotopic (exact) mass is 201 g/mol. The van der Waals surface area contributed by atoms with E-state index in [1.807, 2.05) is 24.3 Å². The van der Waals surface area contributed by atoms with Gasteiger partial charge in [-0.25, -0.2) is 0 Å². The number of benzene rings is 1. The molecule has 1 nitrogen and oxygen atoms in total. The lowest BCUT2D eigenvalue weighted by Crippen LogP contribution is -2.12. The van der Waals surface area contributed by atoms with E-state index in [0.29, 0.717) is 11.8 Å². The predicted molar refractivity (Wildman–Crippen MR) is 55.8 cm³/mol. The second-order valence-electron chi connectivity index (χ2n) is 2.59. The summed E-state index contributed by atoms with van der Waals surface area (Å²) in [5.74, 6) is 0. The van der Waals surface area contributed by atoms with Crippen LogP contribution in [0.4, 0.5) is 0 Å². The molecule has 0 radical (unpaired) electrons. The molecule has 0 aliphatic carbocycles. The average Bonchev–Trinajstić information content (AvgIpc) is 2.09. The Labute approximate surface area is 82.3 Å². The zero-order chi connectivity index (χ0) is 8.97. The first-order chi connectivity index (χ1) is 5.74. The second-order valence-corrected chi connectivity index (χ2v) is 4.48. The van der Waals surface area contributed by atoms with Crippen molar-refractivity contribution in [2.24, 2.45) is 5.73 Å². The highest BCUT2D eigenvalue weighted by Crippen LogP contribution is 2.29. The molecule has 1 aromatic rings. The number of nitrogens with two attached hydrogens (primary N) is 1. The summed E-state index contributed by atoms with van der Waals surface area (Å²) in [4.78, 5) is 1.11. The molecule has 0 aromatic heterocycles. The quantitative estimate of drug-likeness (QED) is 0.762. The van der Waals surface area contributed by atoms with Crippen molar-refractivity contribution in [1.82, 2.24) is 0 Å². The highest BCUT2D eigenvalue weighted by molar-refractivity contribution is 8.00. The van der Waals surface area contributed by atoms with Gasteiger partial charge in [0.25, 0.3) is 0 Å². The number of hydrogen-bond donors (Lipinski definition) is 1. The van der Waals surface area contributed by atoms with Gasteiger partial charge in [0.2, 0.25) is 0 Å². The topological polar surface area (TPSA) is 26.0 Å². The lowest BCUT2D eigenvalue weighted by Gasteiger charge is -2.08. The van der Waals surface area contributed by atoms with Crippen molar-refractivity contribution in [3.8, 4) is 0 Å². The summed E-state index contributed by atoms with van der Waals surface area (Å²) >= 11 is 7.68. The summed E-state index contributed by atoms with van der Waals surface area (Å²) in [6.07, 6.45) is 0. The Morgan fingerprint density at radius 2 is 2.17 bits per heavy atom. The van der Waals surface area contributed by atoms with Crippen molar-refractivity contribution in [3.05, 3.63) is 29.3 Å². The molecule has 0 aliphatic rings. The van der Waals surface area contributed by atoms with Gasteiger partial charge >= 0.3 is 0 Å². The van der Waals surface area contributed by atoms with Gasteiger partial charge in [0, 0.05) is 16.7 Å². The van der Waals surface area contributed by atoms with Crippen LogP contribution >= 0.6 is 23.4 Å². The molecule has 3 heteroatoms. The van der Waals surface area contributed by atoms with Gasteiger partial charge in [-0.15, -0.1) is 11.8 Å². The molecule has 1 aromatic carbocycles. The van der Waals surface area contributed by atoms with Crippen LogP contribution in [-0.2, 0) is 0 Å². The first-order valence-corrected chi connectivity index (χ1v) is 5.11. The maximum atomic E-state index is 5.96. The van der Waals surface area contributed by atoms with Crippen LogP contribution in [0.15, 0.2) is 29.2 Å². The minimum absolute atomic E-state index is 0.421. The first kappa shape index (κ1) is 9.90. The maximum absolute atomic E-state index is 5.96. The molecule has 0 heterocycles. The van der Waals surface area contributed by atoms with Crippen LogP contribution in [0.3, 0.4) is 0 Å². The fraction of sp³-hybridized carbons (Fsp3) is 0.333. The standard InChI is InChI=1S/C9H12ClNS/c1-7(6-11)12-9-5-3-2-4-8(9)10/h2-5,7H,6,11H2,1H3. The van der Waals surface area contributed by atoms with Crippen LogP contribution in [0.1, 0.15) is 6.92 Å². The third-order valence-electron chi connectivity index (χ3n) is 1.50. The molecule has 0 saturated carbocycles. The van der Waals surface area contributed by atoms with E-state index in [4.69, 9.17) is 17.3 Å². The molecule has 66 valence electrons. The van der Waals surface area contributed by atoms with E-state index < -0.39 is 0 Å². The van der Waals surface area contributed by atoms with E-state index in [9.17, 15) is 0 Å². The number of halogens is 1. The highest BCUT2D eigenvalue weighted by atomic mass is 35.5. The molecule has 1 rings (SSSR count). The van der Waals surface area contributed by atoms with Crippen molar-refractivity contribution in [2.45, 2.75) is 17.1 Å². The molecule has 1 atom stereocenters. The van der Waals surface area contributed by atoms with Crippen molar-refractivity contribution in [1.29, 1.82) is 0 Å². The molecule has 0 amide bonds. The Bertz CT molecular complexity index is 252.